The summed E-state index contributed by atoms with van der Waals surface area (Å²) in [4.78, 5) is 59.6. The Bertz CT molecular complexity index is 1280. The minimum absolute atomic E-state index is 0.129. The first-order chi connectivity index (χ1) is 21.7. The molecule has 2 atom stereocenters. The lowest BCUT2D eigenvalue weighted by Crippen LogP contribution is -2.50. The highest BCUT2D eigenvalue weighted by molar-refractivity contribution is 7.11. The summed E-state index contributed by atoms with van der Waals surface area (Å²) in [5.74, 6) is 0.136. The molecule has 4 heterocycles. The number of anilines is 1. The average Bonchev–Trinajstić information content (AvgIpc) is 3.37. The number of para-hydroxylation sites is 1. The molecule has 5 N–H and O–H groups in total. The first-order valence-electron chi connectivity index (χ1n) is 16.3. The van der Waals surface area contributed by atoms with Gasteiger partial charge in [0.1, 0.15) is 0 Å². The summed E-state index contributed by atoms with van der Waals surface area (Å²) >= 11 is 1.65. The van der Waals surface area contributed by atoms with E-state index >= 15 is 0 Å². The molecular formula is C33H49N7O4S. The Labute approximate surface area is 270 Å². The van der Waals surface area contributed by atoms with E-state index in [9.17, 15) is 19.2 Å². The van der Waals surface area contributed by atoms with Gasteiger partial charge in [-0.25, -0.2) is 9.78 Å². The van der Waals surface area contributed by atoms with Crippen LogP contribution in [0.3, 0.4) is 0 Å². The van der Waals surface area contributed by atoms with Crippen LogP contribution in [0.1, 0.15) is 86.7 Å². The van der Waals surface area contributed by atoms with E-state index in [0.717, 1.165) is 40.5 Å². The number of amides is 5. The van der Waals surface area contributed by atoms with Crippen molar-refractivity contribution in [1.82, 2.24) is 31.2 Å². The molecule has 12 heteroatoms. The molecule has 0 unspecified atom stereocenters. The van der Waals surface area contributed by atoms with Crippen LogP contribution in [-0.2, 0) is 20.8 Å². The molecule has 246 valence electrons. The van der Waals surface area contributed by atoms with Gasteiger partial charge in [0.15, 0.2) is 0 Å². The third kappa shape index (κ3) is 11.1. The number of hydrogen-bond donors (Lipinski definition) is 5. The van der Waals surface area contributed by atoms with Crippen LogP contribution in [0, 0.1) is 6.92 Å². The predicted molar refractivity (Wildman–Crippen MR) is 177 cm³/mol. The minimum atomic E-state index is -0.337. The molecule has 1 fully saturated rings. The summed E-state index contributed by atoms with van der Waals surface area (Å²) < 4.78 is 0. The van der Waals surface area contributed by atoms with Gasteiger partial charge in [0, 0.05) is 61.2 Å². The number of benzene rings is 1. The molecule has 2 aromatic rings. The molecule has 45 heavy (non-hydrogen) atoms. The van der Waals surface area contributed by atoms with Gasteiger partial charge in [0.25, 0.3) is 0 Å². The summed E-state index contributed by atoms with van der Waals surface area (Å²) in [5, 5.41) is 16.2. The van der Waals surface area contributed by atoms with E-state index in [4.69, 9.17) is 4.98 Å². The van der Waals surface area contributed by atoms with Crippen molar-refractivity contribution in [2.75, 3.05) is 31.5 Å². The van der Waals surface area contributed by atoms with Gasteiger partial charge in [0.2, 0.25) is 17.7 Å². The maximum absolute atomic E-state index is 13.5. The van der Waals surface area contributed by atoms with E-state index in [1.165, 1.54) is 0 Å². The largest absolute Gasteiger partial charge is 0.356 e. The number of piperidine rings is 1. The Kier molecular flexibility index (Phi) is 13.2. The molecule has 1 aromatic carbocycles. The first kappa shape index (κ1) is 34.4. The number of aromatic nitrogens is 1. The van der Waals surface area contributed by atoms with Crippen LogP contribution in [0.15, 0.2) is 30.3 Å². The van der Waals surface area contributed by atoms with E-state index in [1.54, 1.807) is 11.3 Å². The Morgan fingerprint density at radius 1 is 1.07 bits per heavy atom. The topological polar surface area (TPSA) is 145 Å². The molecule has 0 spiro atoms. The molecule has 0 aliphatic carbocycles. The van der Waals surface area contributed by atoms with Gasteiger partial charge < -0.3 is 31.5 Å². The van der Waals surface area contributed by atoms with Gasteiger partial charge in [-0.15, -0.1) is 11.3 Å². The average molecular weight is 640 g/mol. The molecule has 1 saturated heterocycles. The Hall–Kier alpha value is -3.51. The standard InChI is InChI=1S/C33H49N7O4S/c1-22(2)36-27-13-9-17-34-29(41)20-26(12-7-8-16-35-33(44)38-25-10-5-4-6-11-25)37-30(42)21-28-23(3)45-31(39-28)24-14-18-40(19-15-24)32(27)43/h4-6,10-11,22,24,26-27,36H,7-9,12-21H2,1-3H3,(H,34,41)(H,37,42)(H2,35,38,44)/t26-,27-/m0/s1. The van der Waals surface area contributed by atoms with Crippen molar-refractivity contribution in [2.24, 2.45) is 0 Å². The van der Waals surface area contributed by atoms with Crippen LogP contribution in [0.5, 0.6) is 0 Å². The van der Waals surface area contributed by atoms with Crippen LogP contribution < -0.4 is 26.6 Å². The second-order valence-electron chi connectivity index (χ2n) is 12.4. The van der Waals surface area contributed by atoms with Crippen molar-refractivity contribution in [2.45, 2.75) is 103 Å². The monoisotopic (exact) mass is 639 g/mol. The second kappa shape index (κ2) is 17.3. The lowest BCUT2D eigenvalue weighted by atomic mass is 9.96. The summed E-state index contributed by atoms with van der Waals surface area (Å²) in [5.41, 5.74) is 1.50. The third-order valence-electron chi connectivity index (χ3n) is 8.31. The number of fused-ring (bicyclic) bond motifs is 13. The number of carbonyl (C=O) groups excluding carboxylic acids is 4. The van der Waals surface area contributed by atoms with Gasteiger partial charge in [-0.2, -0.15) is 0 Å². The number of carbonyl (C=O) groups is 4. The van der Waals surface area contributed by atoms with Crippen LogP contribution in [0.2, 0.25) is 0 Å². The highest BCUT2D eigenvalue weighted by Crippen LogP contribution is 2.33. The van der Waals surface area contributed by atoms with Crippen molar-refractivity contribution in [1.29, 1.82) is 0 Å². The quantitative estimate of drug-likeness (QED) is 0.278. The zero-order valence-electron chi connectivity index (χ0n) is 26.8. The third-order valence-corrected chi connectivity index (χ3v) is 9.49. The molecule has 3 aliphatic heterocycles. The van der Waals surface area contributed by atoms with Crippen LogP contribution in [0.25, 0.3) is 0 Å². The Balaban J connectivity index is 1.37. The number of urea groups is 1. The summed E-state index contributed by atoms with van der Waals surface area (Å²) in [6.07, 6.45) is 5.41. The van der Waals surface area contributed by atoms with E-state index in [2.05, 4.69) is 26.6 Å². The van der Waals surface area contributed by atoms with Crippen LogP contribution >= 0.6 is 11.3 Å². The van der Waals surface area contributed by atoms with Crippen molar-refractivity contribution < 1.29 is 19.2 Å². The van der Waals surface area contributed by atoms with E-state index in [0.29, 0.717) is 51.9 Å². The molecule has 4 bridgehead atoms. The van der Waals surface area contributed by atoms with Crippen LogP contribution in [0.4, 0.5) is 10.5 Å². The number of hydrogen-bond acceptors (Lipinski definition) is 7. The molecule has 5 rings (SSSR count). The van der Waals surface area contributed by atoms with Gasteiger partial charge in [0.05, 0.1) is 23.2 Å². The number of nitrogens with one attached hydrogen (secondary N) is 5. The maximum atomic E-state index is 13.5. The number of thiazole rings is 1. The Morgan fingerprint density at radius 2 is 1.82 bits per heavy atom. The number of unbranched alkanes of at least 4 members (excludes halogenated alkanes) is 1. The fraction of sp³-hybridized carbons (Fsp3) is 0.606. The van der Waals surface area contributed by atoms with Gasteiger partial charge in [-0.05, 0) is 64.0 Å². The van der Waals surface area contributed by atoms with Crippen molar-refractivity contribution in [3.8, 4) is 0 Å². The molecule has 1 aromatic heterocycles. The van der Waals surface area contributed by atoms with Crippen LogP contribution in [-0.4, -0.2) is 77.9 Å². The zero-order valence-corrected chi connectivity index (χ0v) is 27.6. The van der Waals surface area contributed by atoms with Crippen molar-refractivity contribution in [3.63, 3.8) is 0 Å². The lowest BCUT2D eigenvalue weighted by Gasteiger charge is -2.34. The van der Waals surface area contributed by atoms with Gasteiger partial charge in [-0.1, -0.05) is 32.0 Å². The normalized spacial score (nSPS) is 21.8. The van der Waals surface area contributed by atoms with Crippen molar-refractivity contribution in [3.05, 3.63) is 45.9 Å². The SMILES string of the molecule is Cc1sc2nc1CC(=O)N[C@@H](CCCCNC(=O)Nc1ccccc1)CC(=O)NCCC[C@H](NC(C)C)C(=O)N1CCC2CC1. The fourth-order valence-electron chi connectivity index (χ4n) is 5.94. The van der Waals surface area contributed by atoms with Crippen molar-refractivity contribution >= 4 is 40.8 Å². The zero-order chi connectivity index (χ0) is 32.2. The second-order valence-corrected chi connectivity index (χ2v) is 13.6. The van der Waals surface area contributed by atoms with E-state index in [1.807, 2.05) is 56.0 Å². The molecule has 0 radical (unpaired) electrons. The maximum Gasteiger partial charge on any atom is 0.319 e. The number of aryl methyl sites for hydroxylation is 1. The molecule has 11 nitrogen and oxygen atoms in total. The predicted octanol–water partition coefficient (Wildman–Crippen LogP) is 3.84. The van der Waals surface area contributed by atoms with Gasteiger partial charge in [-0.3, -0.25) is 14.4 Å². The molecule has 5 amide bonds. The minimum Gasteiger partial charge on any atom is -0.356 e. The highest BCUT2D eigenvalue weighted by atomic mass is 32.1. The fourth-order valence-corrected chi connectivity index (χ4v) is 7.04. The summed E-state index contributed by atoms with van der Waals surface area (Å²) in [7, 11) is 0. The number of nitrogens with zero attached hydrogens (tertiary/aromatic N) is 2. The Morgan fingerprint density at radius 3 is 2.56 bits per heavy atom. The lowest BCUT2D eigenvalue weighted by molar-refractivity contribution is -0.135. The summed E-state index contributed by atoms with van der Waals surface area (Å²) in [6.45, 7) is 8.42. The number of rotatable bonds is 8. The molecular weight excluding hydrogens is 590 g/mol. The molecule has 0 saturated carbocycles. The first-order valence-corrected chi connectivity index (χ1v) is 17.2. The van der Waals surface area contributed by atoms with E-state index < -0.39 is 0 Å². The van der Waals surface area contributed by atoms with Gasteiger partial charge >= 0.3 is 6.03 Å². The summed E-state index contributed by atoms with van der Waals surface area (Å²) in [6, 6.07) is 8.53. The smallest absolute Gasteiger partial charge is 0.319 e. The highest BCUT2D eigenvalue weighted by Gasteiger charge is 2.31. The van der Waals surface area contributed by atoms with E-state index in [-0.39, 0.29) is 60.6 Å². The molecule has 3 aliphatic rings.